The zero-order chi connectivity index (χ0) is 13.8. The molecular formula is C12H10N2O4S. The number of ether oxygens (including phenoxy) is 1. The van der Waals surface area contributed by atoms with Gasteiger partial charge in [-0.1, -0.05) is 0 Å². The van der Waals surface area contributed by atoms with E-state index in [0.29, 0.717) is 16.4 Å². The van der Waals surface area contributed by atoms with Crippen molar-refractivity contribution >= 4 is 29.0 Å². The van der Waals surface area contributed by atoms with Crippen LogP contribution in [0.3, 0.4) is 0 Å². The Morgan fingerprint density at radius 1 is 1.42 bits per heavy atom. The van der Waals surface area contributed by atoms with Crippen molar-refractivity contribution in [1.29, 1.82) is 0 Å². The van der Waals surface area contributed by atoms with Gasteiger partial charge in [0.05, 0.1) is 17.6 Å². The number of hydrogen-bond acceptors (Lipinski definition) is 5. The molecule has 0 aliphatic carbocycles. The van der Waals surface area contributed by atoms with Crippen LogP contribution in [0.5, 0.6) is 5.75 Å². The van der Waals surface area contributed by atoms with Gasteiger partial charge in [0, 0.05) is 17.6 Å². The van der Waals surface area contributed by atoms with Gasteiger partial charge in [-0.15, -0.1) is 11.3 Å². The minimum Gasteiger partial charge on any atom is -0.496 e. The first-order valence-electron chi connectivity index (χ1n) is 5.23. The third kappa shape index (κ3) is 3.08. The molecule has 2 aromatic rings. The van der Waals surface area contributed by atoms with E-state index in [9.17, 15) is 9.59 Å². The lowest BCUT2D eigenvalue weighted by Gasteiger charge is -2.02. The van der Waals surface area contributed by atoms with Crippen molar-refractivity contribution in [3.05, 3.63) is 40.2 Å². The molecule has 2 rings (SSSR count). The lowest BCUT2D eigenvalue weighted by Crippen LogP contribution is -2.11. The van der Waals surface area contributed by atoms with Crippen molar-refractivity contribution in [3.63, 3.8) is 0 Å². The molecule has 0 saturated carbocycles. The summed E-state index contributed by atoms with van der Waals surface area (Å²) in [5, 5.41) is 13.0. The molecule has 0 aromatic carbocycles. The second kappa shape index (κ2) is 5.49. The number of methoxy groups -OCH3 is 1. The van der Waals surface area contributed by atoms with Crippen molar-refractivity contribution in [2.24, 2.45) is 0 Å². The van der Waals surface area contributed by atoms with Crippen LogP contribution in [0.2, 0.25) is 0 Å². The first-order chi connectivity index (χ1) is 9.10. The highest BCUT2D eigenvalue weighted by Gasteiger charge is 2.11. The number of hydrogen-bond donors (Lipinski definition) is 2. The van der Waals surface area contributed by atoms with E-state index in [0.717, 1.165) is 0 Å². The highest BCUT2D eigenvalue weighted by Crippen LogP contribution is 2.21. The standard InChI is InChI=1S/C12H10N2O4S/c1-18-8-4-9(19-6-8)11(15)14-10-3-2-7(5-13-10)12(16)17/h2-6H,1H3,(H,16,17)(H,13,14,15). The van der Waals surface area contributed by atoms with Crippen molar-refractivity contribution < 1.29 is 19.4 Å². The van der Waals surface area contributed by atoms with Gasteiger partial charge in [-0.3, -0.25) is 4.79 Å². The van der Waals surface area contributed by atoms with E-state index in [1.807, 2.05) is 0 Å². The van der Waals surface area contributed by atoms with E-state index < -0.39 is 5.97 Å². The van der Waals surface area contributed by atoms with Crippen LogP contribution < -0.4 is 10.1 Å². The molecule has 0 aliphatic heterocycles. The molecule has 0 radical (unpaired) electrons. The molecular weight excluding hydrogens is 268 g/mol. The van der Waals surface area contributed by atoms with Crippen LogP contribution in [0.1, 0.15) is 20.0 Å². The van der Waals surface area contributed by atoms with Crippen LogP contribution in [-0.4, -0.2) is 29.1 Å². The van der Waals surface area contributed by atoms with Gasteiger partial charge >= 0.3 is 5.97 Å². The van der Waals surface area contributed by atoms with E-state index >= 15 is 0 Å². The molecule has 0 atom stereocenters. The molecule has 19 heavy (non-hydrogen) atoms. The van der Waals surface area contributed by atoms with Crippen LogP contribution in [0.15, 0.2) is 29.8 Å². The smallest absolute Gasteiger partial charge is 0.337 e. The molecule has 0 aliphatic rings. The molecule has 2 N–H and O–H groups in total. The molecule has 1 amide bonds. The van der Waals surface area contributed by atoms with Crippen LogP contribution in [0.4, 0.5) is 5.82 Å². The van der Waals surface area contributed by atoms with Crippen LogP contribution >= 0.6 is 11.3 Å². The normalized spacial score (nSPS) is 9.95. The van der Waals surface area contributed by atoms with Crippen molar-refractivity contribution in [2.75, 3.05) is 12.4 Å². The Hall–Kier alpha value is -2.41. The minimum atomic E-state index is -1.06. The Kier molecular flexibility index (Phi) is 3.76. The lowest BCUT2D eigenvalue weighted by molar-refractivity contribution is 0.0696. The molecule has 0 unspecified atom stereocenters. The lowest BCUT2D eigenvalue weighted by atomic mass is 10.3. The number of nitrogens with zero attached hydrogens (tertiary/aromatic N) is 1. The fraction of sp³-hybridized carbons (Fsp3) is 0.0833. The van der Waals surface area contributed by atoms with Gasteiger partial charge in [-0.2, -0.15) is 0 Å². The van der Waals surface area contributed by atoms with Crippen LogP contribution in [0, 0.1) is 0 Å². The van der Waals surface area contributed by atoms with Gasteiger partial charge in [-0.25, -0.2) is 9.78 Å². The second-order valence-corrected chi connectivity index (χ2v) is 4.45. The summed E-state index contributed by atoms with van der Waals surface area (Å²) >= 11 is 1.25. The van der Waals surface area contributed by atoms with Crippen molar-refractivity contribution in [1.82, 2.24) is 4.98 Å². The molecule has 98 valence electrons. The van der Waals surface area contributed by atoms with E-state index in [1.165, 1.54) is 36.8 Å². The Morgan fingerprint density at radius 3 is 2.74 bits per heavy atom. The maximum Gasteiger partial charge on any atom is 0.337 e. The van der Waals surface area contributed by atoms with E-state index in [1.54, 1.807) is 11.4 Å². The average molecular weight is 278 g/mol. The summed E-state index contributed by atoms with van der Waals surface area (Å²) in [6, 6.07) is 4.43. The molecule has 0 spiro atoms. The average Bonchev–Trinajstić information content (AvgIpc) is 2.88. The Balaban J connectivity index is 2.08. The highest BCUT2D eigenvalue weighted by atomic mass is 32.1. The molecule has 2 aromatic heterocycles. The van der Waals surface area contributed by atoms with Gasteiger partial charge in [0.2, 0.25) is 0 Å². The second-order valence-electron chi connectivity index (χ2n) is 3.54. The topological polar surface area (TPSA) is 88.5 Å². The van der Waals surface area contributed by atoms with E-state index in [2.05, 4.69) is 10.3 Å². The predicted octanol–water partition coefficient (Wildman–Crippen LogP) is 2.10. The summed E-state index contributed by atoms with van der Waals surface area (Å²) in [6.07, 6.45) is 1.19. The monoisotopic (exact) mass is 278 g/mol. The summed E-state index contributed by atoms with van der Waals surface area (Å²) in [7, 11) is 1.52. The largest absolute Gasteiger partial charge is 0.496 e. The van der Waals surface area contributed by atoms with Crippen molar-refractivity contribution in [3.8, 4) is 5.75 Å². The van der Waals surface area contributed by atoms with E-state index in [-0.39, 0.29) is 11.5 Å². The van der Waals surface area contributed by atoms with Gasteiger partial charge in [0.1, 0.15) is 11.6 Å². The Bertz CT molecular complexity index is 606. The van der Waals surface area contributed by atoms with Gasteiger partial charge in [-0.05, 0) is 12.1 Å². The summed E-state index contributed by atoms with van der Waals surface area (Å²) in [4.78, 5) is 26.8. The maximum atomic E-state index is 11.8. The molecule has 0 fully saturated rings. The Morgan fingerprint density at radius 2 is 2.21 bits per heavy atom. The first kappa shape index (κ1) is 13.0. The maximum absolute atomic E-state index is 11.8. The highest BCUT2D eigenvalue weighted by molar-refractivity contribution is 7.12. The summed E-state index contributed by atoms with van der Waals surface area (Å²) < 4.78 is 4.99. The van der Waals surface area contributed by atoms with Crippen LogP contribution in [0.25, 0.3) is 0 Å². The van der Waals surface area contributed by atoms with Gasteiger partial charge in [0.15, 0.2) is 0 Å². The zero-order valence-electron chi connectivity index (χ0n) is 9.91. The van der Waals surface area contributed by atoms with Gasteiger partial charge in [0.25, 0.3) is 5.91 Å². The number of carbonyl (C=O) groups excluding carboxylic acids is 1. The number of thiophene rings is 1. The third-order valence-corrected chi connectivity index (χ3v) is 3.19. The van der Waals surface area contributed by atoms with Gasteiger partial charge < -0.3 is 15.2 Å². The molecule has 2 heterocycles. The molecule has 0 bridgehead atoms. The number of nitrogens with one attached hydrogen (secondary N) is 1. The number of aromatic carboxylic acids is 1. The molecule has 7 heteroatoms. The number of amides is 1. The van der Waals surface area contributed by atoms with Crippen LogP contribution in [-0.2, 0) is 0 Å². The number of aromatic nitrogens is 1. The fourth-order valence-corrected chi connectivity index (χ4v) is 2.07. The molecule has 6 nitrogen and oxygen atoms in total. The van der Waals surface area contributed by atoms with Crippen molar-refractivity contribution in [2.45, 2.75) is 0 Å². The fourth-order valence-electron chi connectivity index (χ4n) is 1.32. The SMILES string of the molecule is COc1csc(C(=O)Nc2ccc(C(=O)O)cn2)c1. The quantitative estimate of drug-likeness (QED) is 0.894. The number of rotatable bonds is 4. The predicted molar refractivity (Wildman–Crippen MR) is 70.0 cm³/mol. The first-order valence-corrected chi connectivity index (χ1v) is 6.11. The summed E-state index contributed by atoms with van der Waals surface area (Å²) in [6.45, 7) is 0. The molecule has 0 saturated heterocycles. The number of pyridine rings is 1. The Labute approximate surface area is 112 Å². The number of carboxylic acid groups (broad SMARTS) is 1. The number of anilines is 1. The number of carboxylic acids is 1. The summed E-state index contributed by atoms with van der Waals surface area (Å²) in [5.74, 6) is -0.469. The van der Waals surface area contributed by atoms with E-state index in [4.69, 9.17) is 9.84 Å². The zero-order valence-corrected chi connectivity index (χ0v) is 10.7. The minimum absolute atomic E-state index is 0.0655. The number of carbonyl (C=O) groups is 2. The summed E-state index contributed by atoms with van der Waals surface area (Å²) in [5.41, 5.74) is 0.0655. The third-order valence-electron chi connectivity index (χ3n) is 2.29.